The Kier molecular flexibility index (Phi) is 5.19. The molecule has 0 bridgehead atoms. The van der Waals surface area contributed by atoms with Gasteiger partial charge in [-0.1, -0.05) is 149 Å². The maximum absolute atomic E-state index is 2.55. The van der Waals surface area contributed by atoms with E-state index in [1.165, 1.54) is 15.6 Å². The monoisotopic (exact) mass is 380 g/mol. The molecule has 2 heteroatoms. The second kappa shape index (κ2) is 7.91. The lowest BCUT2D eigenvalue weighted by atomic mass is 10.3. The molecular formula is C25H24Si2. The average molecular weight is 381 g/mol. The van der Waals surface area contributed by atoms with Gasteiger partial charge in [0.2, 0.25) is 0 Å². The molecule has 0 aliphatic rings. The van der Waals surface area contributed by atoms with Gasteiger partial charge in [-0.15, -0.1) is 0 Å². The molecule has 0 saturated heterocycles. The maximum Gasteiger partial charge on any atom is 0.140 e. The van der Waals surface area contributed by atoms with Gasteiger partial charge in [0.25, 0.3) is 0 Å². The molecule has 4 aromatic carbocycles. The normalized spacial score (nSPS) is 12.5. The highest BCUT2D eigenvalue weighted by Gasteiger charge is 2.45. The fraction of sp³-hybridized carbons (Fsp3) is 0.0400. The first-order valence-electron chi connectivity index (χ1n) is 9.55. The van der Waals surface area contributed by atoms with Crippen LogP contribution in [0.3, 0.4) is 0 Å². The second-order valence-corrected chi connectivity index (χ2v) is 17.7. The summed E-state index contributed by atoms with van der Waals surface area (Å²) in [5, 5.41) is 6.10. The molecule has 0 heterocycles. The maximum atomic E-state index is 2.55. The summed E-state index contributed by atoms with van der Waals surface area (Å²) in [4.78, 5) is 0. The minimum absolute atomic E-state index is 1.35. The number of hydrogen-bond donors (Lipinski definition) is 0. The Bertz CT molecular complexity index is 871. The van der Waals surface area contributed by atoms with E-state index < -0.39 is 15.9 Å². The van der Waals surface area contributed by atoms with Gasteiger partial charge in [-0.25, -0.2) is 0 Å². The Morgan fingerprint density at radius 2 is 0.741 bits per heavy atom. The summed E-state index contributed by atoms with van der Waals surface area (Å²) >= 11 is 0. The highest BCUT2D eigenvalue weighted by molar-refractivity contribution is 7.52. The molecule has 0 nitrogen and oxygen atoms in total. The molecule has 0 N–H and O–H groups in total. The van der Waals surface area contributed by atoms with Crippen LogP contribution in [-0.2, 0) is 0 Å². The van der Waals surface area contributed by atoms with Crippen LogP contribution in [0.25, 0.3) is 0 Å². The van der Waals surface area contributed by atoms with Gasteiger partial charge in [-0.05, 0) is 0 Å². The van der Waals surface area contributed by atoms with Crippen molar-refractivity contribution in [2.75, 3.05) is 0 Å². The molecule has 0 saturated carbocycles. The van der Waals surface area contributed by atoms with Crippen LogP contribution in [0, 0.1) is 0 Å². The van der Waals surface area contributed by atoms with Crippen molar-refractivity contribution in [3.8, 4) is 0 Å². The summed E-state index contributed by atoms with van der Waals surface area (Å²) in [5.41, 5.74) is 0. The molecule has 27 heavy (non-hydrogen) atoms. The van der Waals surface area contributed by atoms with E-state index in [0.29, 0.717) is 0 Å². The lowest BCUT2D eigenvalue weighted by Gasteiger charge is -2.38. The van der Waals surface area contributed by atoms with Crippen LogP contribution >= 0.6 is 0 Å². The minimum atomic E-state index is -2.13. The summed E-state index contributed by atoms with van der Waals surface area (Å²) in [6.07, 6.45) is 0. The Labute approximate surface area is 164 Å². The molecular weight excluding hydrogens is 356 g/mol. The van der Waals surface area contributed by atoms with Crippen molar-refractivity contribution in [2.24, 2.45) is 0 Å². The summed E-state index contributed by atoms with van der Waals surface area (Å²) < 4.78 is 0. The van der Waals surface area contributed by atoms with Gasteiger partial charge >= 0.3 is 0 Å². The molecule has 0 aliphatic heterocycles. The zero-order chi connectivity index (χ0) is 18.5. The largest absolute Gasteiger partial charge is 0.140 e. The van der Waals surface area contributed by atoms with E-state index in [0.717, 1.165) is 0 Å². The van der Waals surface area contributed by atoms with Crippen molar-refractivity contribution in [1.82, 2.24) is 0 Å². The fourth-order valence-corrected chi connectivity index (χ4v) is 18.6. The van der Waals surface area contributed by atoms with Crippen LogP contribution < -0.4 is 20.7 Å². The lowest BCUT2D eigenvalue weighted by molar-refractivity contribution is 1.69. The molecule has 0 fully saturated rings. The van der Waals surface area contributed by atoms with E-state index in [2.05, 4.69) is 128 Å². The van der Waals surface area contributed by atoms with Crippen molar-refractivity contribution >= 4 is 36.7 Å². The van der Waals surface area contributed by atoms with Crippen molar-refractivity contribution < 1.29 is 0 Å². The molecule has 4 aromatic rings. The van der Waals surface area contributed by atoms with Crippen molar-refractivity contribution in [1.29, 1.82) is 0 Å². The molecule has 132 valence electrons. The first-order chi connectivity index (χ1) is 13.3. The summed E-state index contributed by atoms with van der Waals surface area (Å²) in [6, 6.07) is 45.0. The third-order valence-corrected chi connectivity index (χ3v) is 19.9. The predicted molar refractivity (Wildman–Crippen MR) is 123 cm³/mol. The van der Waals surface area contributed by atoms with Gasteiger partial charge in [0.1, 0.15) is 7.59 Å². The molecule has 4 rings (SSSR count). The van der Waals surface area contributed by atoms with Crippen LogP contribution in [-0.4, -0.2) is 15.9 Å². The first-order valence-corrected chi connectivity index (χ1v) is 15.1. The zero-order valence-electron chi connectivity index (χ0n) is 15.6. The molecule has 0 amide bonds. The summed E-state index contributed by atoms with van der Waals surface area (Å²) in [6.45, 7) is 2.55. The van der Waals surface area contributed by atoms with Gasteiger partial charge in [0, 0.05) is 0 Å². The standard InChI is InChI=1S/C25H24Si2/c1-26(22-14-6-2-7-15-22)27(23-16-8-3-9-17-23,24-18-10-4-11-19-24)25-20-12-5-13-21-25/h2-21,26H,1H3. The molecule has 1 atom stereocenters. The van der Waals surface area contributed by atoms with Gasteiger partial charge in [0.15, 0.2) is 0 Å². The third kappa shape index (κ3) is 3.22. The summed E-state index contributed by atoms with van der Waals surface area (Å²) in [7, 11) is -3.48. The molecule has 1 unspecified atom stereocenters. The Hall–Kier alpha value is -2.69. The first kappa shape index (κ1) is 17.7. The second-order valence-electron chi connectivity index (χ2n) is 7.04. The fourth-order valence-electron chi connectivity index (χ4n) is 4.34. The summed E-state index contributed by atoms with van der Waals surface area (Å²) in [5.74, 6) is 0. The number of benzene rings is 4. The highest BCUT2D eigenvalue weighted by atomic mass is 29.2. The van der Waals surface area contributed by atoms with E-state index in [-0.39, 0.29) is 0 Å². The van der Waals surface area contributed by atoms with Gasteiger partial charge in [-0.3, -0.25) is 0 Å². The lowest BCUT2D eigenvalue weighted by Crippen LogP contribution is -2.78. The van der Waals surface area contributed by atoms with Crippen LogP contribution in [0.2, 0.25) is 6.55 Å². The van der Waals surface area contributed by atoms with Crippen LogP contribution in [0.5, 0.6) is 0 Å². The molecule has 0 aromatic heterocycles. The predicted octanol–water partition coefficient (Wildman–Crippen LogP) is 3.00. The van der Waals surface area contributed by atoms with Crippen molar-refractivity contribution in [3.05, 3.63) is 121 Å². The quantitative estimate of drug-likeness (QED) is 0.369. The highest BCUT2D eigenvalue weighted by Crippen LogP contribution is 2.12. The van der Waals surface area contributed by atoms with Crippen molar-refractivity contribution in [3.63, 3.8) is 0 Å². The smallest absolute Gasteiger partial charge is 0.0690 e. The number of rotatable bonds is 5. The SMILES string of the molecule is C[SiH](c1ccccc1)[Si](c1ccccc1)(c1ccccc1)c1ccccc1. The minimum Gasteiger partial charge on any atom is -0.0690 e. The van der Waals surface area contributed by atoms with Gasteiger partial charge < -0.3 is 0 Å². The van der Waals surface area contributed by atoms with Crippen LogP contribution in [0.15, 0.2) is 121 Å². The third-order valence-electron chi connectivity index (χ3n) is 5.64. The molecule has 0 radical (unpaired) electrons. The van der Waals surface area contributed by atoms with E-state index in [1.807, 2.05) is 0 Å². The Morgan fingerprint density at radius 3 is 1.07 bits per heavy atom. The Balaban J connectivity index is 2.07. The van der Waals surface area contributed by atoms with E-state index in [9.17, 15) is 0 Å². The number of hydrogen-bond acceptors (Lipinski definition) is 0. The van der Waals surface area contributed by atoms with Crippen LogP contribution in [0.1, 0.15) is 0 Å². The van der Waals surface area contributed by atoms with E-state index >= 15 is 0 Å². The van der Waals surface area contributed by atoms with Crippen molar-refractivity contribution in [2.45, 2.75) is 6.55 Å². The van der Waals surface area contributed by atoms with Gasteiger partial charge in [0.05, 0.1) is 8.31 Å². The molecule has 0 aliphatic carbocycles. The Morgan fingerprint density at radius 1 is 0.444 bits per heavy atom. The topological polar surface area (TPSA) is 0 Å². The average Bonchev–Trinajstić information content (AvgIpc) is 2.77. The van der Waals surface area contributed by atoms with Gasteiger partial charge in [-0.2, -0.15) is 0 Å². The zero-order valence-corrected chi connectivity index (χ0v) is 17.8. The molecule has 0 spiro atoms. The van der Waals surface area contributed by atoms with E-state index in [4.69, 9.17) is 0 Å². The van der Waals surface area contributed by atoms with Crippen LogP contribution in [0.4, 0.5) is 0 Å². The van der Waals surface area contributed by atoms with E-state index in [1.54, 1.807) is 5.19 Å².